The third kappa shape index (κ3) is 7.25. The first kappa shape index (κ1) is 13.2. The van der Waals surface area contributed by atoms with E-state index in [-0.39, 0.29) is 17.7 Å². The number of alkyl halides is 1. The molecule has 0 aliphatic rings. The molecule has 80 valence electrons. The van der Waals surface area contributed by atoms with Crippen LogP contribution in [-0.2, 0) is 10.0 Å². The van der Waals surface area contributed by atoms with Crippen molar-refractivity contribution in [3.05, 3.63) is 0 Å². The maximum absolute atomic E-state index is 11.2. The summed E-state index contributed by atoms with van der Waals surface area (Å²) in [5.74, 6) is 0.107. The smallest absolute Gasteiger partial charge is 0.213 e. The standard InChI is InChI=1S/C7H17ClN2O2S/c1-7(6-10(2)3)9-13(11,12)5-4-8/h7,9H,4-6H2,1-3H3. The minimum Gasteiger partial charge on any atom is -0.308 e. The molecule has 0 aromatic carbocycles. The van der Waals surface area contributed by atoms with Gasteiger partial charge in [-0.05, 0) is 21.0 Å². The minimum atomic E-state index is -3.19. The average molecular weight is 229 g/mol. The maximum Gasteiger partial charge on any atom is 0.213 e. The van der Waals surface area contributed by atoms with E-state index in [0.29, 0.717) is 6.54 Å². The molecule has 0 aliphatic heterocycles. The van der Waals surface area contributed by atoms with Gasteiger partial charge >= 0.3 is 0 Å². The van der Waals surface area contributed by atoms with E-state index >= 15 is 0 Å². The van der Waals surface area contributed by atoms with Crippen LogP contribution < -0.4 is 4.72 Å². The van der Waals surface area contributed by atoms with Crippen LogP contribution in [0.25, 0.3) is 0 Å². The summed E-state index contributed by atoms with van der Waals surface area (Å²) in [5.41, 5.74) is 0. The van der Waals surface area contributed by atoms with Crippen molar-refractivity contribution < 1.29 is 8.42 Å². The van der Waals surface area contributed by atoms with Gasteiger partial charge < -0.3 is 4.90 Å². The highest BCUT2D eigenvalue weighted by Gasteiger charge is 2.13. The Hall–Kier alpha value is 0.160. The Morgan fingerprint density at radius 2 is 2.00 bits per heavy atom. The zero-order chi connectivity index (χ0) is 10.5. The van der Waals surface area contributed by atoms with E-state index in [4.69, 9.17) is 11.6 Å². The van der Waals surface area contributed by atoms with E-state index in [1.807, 2.05) is 25.9 Å². The van der Waals surface area contributed by atoms with Crippen LogP contribution in [0, 0.1) is 0 Å². The van der Waals surface area contributed by atoms with E-state index in [2.05, 4.69) is 4.72 Å². The van der Waals surface area contributed by atoms with Gasteiger partial charge in [-0.3, -0.25) is 0 Å². The van der Waals surface area contributed by atoms with Crippen LogP contribution in [0.2, 0.25) is 0 Å². The van der Waals surface area contributed by atoms with Crippen molar-refractivity contribution in [2.75, 3.05) is 32.3 Å². The predicted molar refractivity (Wildman–Crippen MR) is 55.7 cm³/mol. The Bertz CT molecular complexity index is 229. The molecule has 0 bridgehead atoms. The van der Waals surface area contributed by atoms with Crippen molar-refractivity contribution in [1.29, 1.82) is 0 Å². The van der Waals surface area contributed by atoms with E-state index in [1.54, 1.807) is 0 Å². The van der Waals surface area contributed by atoms with Gasteiger partial charge in [-0.2, -0.15) is 0 Å². The molecular formula is C7H17ClN2O2S. The molecule has 0 aliphatic carbocycles. The Morgan fingerprint density at radius 1 is 1.46 bits per heavy atom. The molecule has 6 heteroatoms. The lowest BCUT2D eigenvalue weighted by Gasteiger charge is -2.17. The van der Waals surface area contributed by atoms with Crippen LogP contribution in [0.1, 0.15) is 6.92 Å². The molecule has 0 rings (SSSR count). The number of hydrogen-bond acceptors (Lipinski definition) is 3. The first-order valence-corrected chi connectivity index (χ1v) is 6.27. The van der Waals surface area contributed by atoms with E-state index in [1.165, 1.54) is 0 Å². The minimum absolute atomic E-state index is 0.0215. The molecule has 0 saturated carbocycles. The number of nitrogens with zero attached hydrogens (tertiary/aromatic N) is 1. The number of rotatable bonds is 6. The van der Waals surface area contributed by atoms with Gasteiger partial charge in [-0.25, -0.2) is 13.1 Å². The van der Waals surface area contributed by atoms with Gasteiger partial charge in [0, 0.05) is 18.5 Å². The molecule has 4 nitrogen and oxygen atoms in total. The SMILES string of the molecule is CC(CN(C)C)NS(=O)(=O)CCCl. The van der Waals surface area contributed by atoms with Crippen molar-refractivity contribution in [3.8, 4) is 0 Å². The van der Waals surface area contributed by atoms with Gasteiger partial charge in [0.05, 0.1) is 5.75 Å². The molecule has 0 spiro atoms. The van der Waals surface area contributed by atoms with Gasteiger partial charge in [0.15, 0.2) is 0 Å². The van der Waals surface area contributed by atoms with Gasteiger partial charge in [-0.1, -0.05) is 0 Å². The Labute approximate surface area is 85.3 Å². The molecule has 0 fully saturated rings. The number of hydrogen-bond donors (Lipinski definition) is 1. The first-order chi connectivity index (χ1) is 5.87. The summed E-state index contributed by atoms with van der Waals surface area (Å²) < 4.78 is 25.0. The van der Waals surface area contributed by atoms with E-state index in [0.717, 1.165) is 0 Å². The number of halogens is 1. The summed E-state index contributed by atoms with van der Waals surface area (Å²) in [7, 11) is 0.605. The van der Waals surface area contributed by atoms with E-state index < -0.39 is 10.0 Å². The molecule has 0 saturated heterocycles. The molecule has 1 N–H and O–H groups in total. The van der Waals surface area contributed by atoms with Gasteiger partial charge in [0.1, 0.15) is 0 Å². The summed E-state index contributed by atoms with van der Waals surface area (Å²) in [6.07, 6.45) is 0. The third-order valence-corrected chi connectivity index (χ3v) is 3.28. The maximum atomic E-state index is 11.2. The molecule has 1 atom stereocenters. The quantitative estimate of drug-likeness (QED) is 0.656. The van der Waals surface area contributed by atoms with Crippen molar-refractivity contribution >= 4 is 21.6 Å². The van der Waals surface area contributed by atoms with Crippen molar-refractivity contribution in [2.24, 2.45) is 0 Å². The fourth-order valence-corrected chi connectivity index (χ4v) is 2.67. The van der Waals surface area contributed by atoms with Gasteiger partial charge in [0.2, 0.25) is 10.0 Å². The highest BCUT2D eigenvalue weighted by Crippen LogP contribution is 1.92. The number of sulfonamides is 1. The molecule has 0 heterocycles. The van der Waals surface area contributed by atoms with Crippen LogP contribution in [0.5, 0.6) is 0 Å². The fraction of sp³-hybridized carbons (Fsp3) is 1.00. The zero-order valence-corrected chi connectivity index (χ0v) is 9.82. The Balaban J connectivity index is 3.97. The largest absolute Gasteiger partial charge is 0.308 e. The molecule has 0 radical (unpaired) electrons. The second kappa shape index (κ2) is 5.80. The summed E-state index contributed by atoms with van der Waals surface area (Å²) in [5, 5.41) is 0. The van der Waals surface area contributed by atoms with Crippen molar-refractivity contribution in [2.45, 2.75) is 13.0 Å². The van der Waals surface area contributed by atoms with E-state index in [9.17, 15) is 8.42 Å². The van der Waals surface area contributed by atoms with Crippen LogP contribution in [0.3, 0.4) is 0 Å². The van der Waals surface area contributed by atoms with Gasteiger partial charge in [0.25, 0.3) is 0 Å². The highest BCUT2D eigenvalue weighted by molar-refractivity contribution is 7.89. The molecular weight excluding hydrogens is 212 g/mol. The van der Waals surface area contributed by atoms with Crippen LogP contribution in [0.15, 0.2) is 0 Å². The Kier molecular flexibility index (Phi) is 5.87. The first-order valence-electron chi connectivity index (χ1n) is 4.08. The molecule has 0 aromatic heterocycles. The monoisotopic (exact) mass is 228 g/mol. The summed E-state index contributed by atoms with van der Waals surface area (Å²) in [6.45, 7) is 2.51. The zero-order valence-electron chi connectivity index (χ0n) is 8.25. The van der Waals surface area contributed by atoms with Crippen LogP contribution >= 0.6 is 11.6 Å². The normalized spacial score (nSPS) is 14.8. The van der Waals surface area contributed by atoms with Crippen molar-refractivity contribution in [1.82, 2.24) is 9.62 Å². The second-order valence-electron chi connectivity index (χ2n) is 3.29. The van der Waals surface area contributed by atoms with Crippen LogP contribution in [0.4, 0.5) is 0 Å². The van der Waals surface area contributed by atoms with Crippen LogP contribution in [-0.4, -0.2) is 51.6 Å². The van der Waals surface area contributed by atoms with Crippen molar-refractivity contribution in [3.63, 3.8) is 0 Å². The topological polar surface area (TPSA) is 49.4 Å². The third-order valence-electron chi connectivity index (χ3n) is 1.37. The summed E-state index contributed by atoms with van der Waals surface area (Å²) >= 11 is 5.35. The average Bonchev–Trinajstić information content (AvgIpc) is 1.81. The predicted octanol–water partition coefficient (Wildman–Crippen LogP) is 0.0947. The molecule has 13 heavy (non-hydrogen) atoms. The number of nitrogens with one attached hydrogen (secondary N) is 1. The lowest BCUT2D eigenvalue weighted by Crippen LogP contribution is -2.40. The lowest BCUT2D eigenvalue weighted by atomic mass is 10.3. The van der Waals surface area contributed by atoms with Gasteiger partial charge in [-0.15, -0.1) is 11.6 Å². The highest BCUT2D eigenvalue weighted by atomic mass is 35.5. The Morgan fingerprint density at radius 3 is 2.38 bits per heavy atom. The second-order valence-corrected chi connectivity index (χ2v) is 5.54. The molecule has 0 amide bonds. The summed E-state index contributed by atoms with van der Waals surface area (Å²) in [6, 6.07) is -0.0804. The lowest BCUT2D eigenvalue weighted by molar-refractivity contribution is 0.370. The molecule has 0 aromatic rings. The fourth-order valence-electron chi connectivity index (χ4n) is 1.05. The molecule has 1 unspecified atom stereocenters. The number of likely N-dealkylation sites (N-methyl/N-ethyl adjacent to an activating group) is 1. The summed E-state index contributed by atoms with van der Waals surface area (Å²) in [4.78, 5) is 1.92.